The van der Waals surface area contributed by atoms with Crippen molar-refractivity contribution in [3.8, 4) is 0 Å². The van der Waals surface area contributed by atoms with E-state index in [4.69, 9.17) is 10.5 Å². The molecule has 2 N–H and O–H groups in total. The standard InChI is InChI=1S/C17H31NO/c1-12(4-5-19-3)15(18)17-9-13-6-14(10-17)8-16(2,7-13)11-17/h12-15H,4-11,18H2,1-3H3. The third kappa shape index (κ3) is 2.35. The zero-order valence-corrected chi connectivity index (χ0v) is 13.0. The number of ether oxygens (including phenoxy) is 1. The van der Waals surface area contributed by atoms with E-state index in [9.17, 15) is 0 Å². The predicted octanol–water partition coefficient (Wildman–Crippen LogP) is 3.59. The van der Waals surface area contributed by atoms with Crippen LogP contribution in [0.15, 0.2) is 0 Å². The van der Waals surface area contributed by atoms with Crippen LogP contribution in [-0.2, 0) is 4.74 Å². The highest BCUT2D eigenvalue weighted by Gasteiger charge is 2.58. The second-order valence-electron chi connectivity index (χ2n) is 8.42. The predicted molar refractivity (Wildman–Crippen MR) is 78.9 cm³/mol. The second-order valence-corrected chi connectivity index (χ2v) is 8.42. The van der Waals surface area contributed by atoms with Crippen molar-refractivity contribution >= 4 is 0 Å². The Hall–Kier alpha value is -0.0800. The summed E-state index contributed by atoms with van der Waals surface area (Å²) in [6, 6.07) is 0.382. The molecule has 0 saturated heterocycles. The van der Waals surface area contributed by atoms with Crippen LogP contribution in [0.1, 0.15) is 58.8 Å². The molecule has 0 aromatic rings. The Morgan fingerprint density at radius 2 is 1.84 bits per heavy atom. The maximum absolute atomic E-state index is 6.76. The smallest absolute Gasteiger partial charge is 0.0465 e. The fraction of sp³-hybridized carbons (Fsp3) is 1.00. The van der Waals surface area contributed by atoms with Crippen LogP contribution >= 0.6 is 0 Å². The van der Waals surface area contributed by atoms with Crippen LogP contribution in [0.5, 0.6) is 0 Å². The lowest BCUT2D eigenvalue weighted by Crippen LogP contribution is -2.59. The van der Waals surface area contributed by atoms with Crippen molar-refractivity contribution in [1.29, 1.82) is 0 Å². The molecule has 2 nitrogen and oxygen atoms in total. The topological polar surface area (TPSA) is 35.2 Å². The minimum atomic E-state index is 0.382. The van der Waals surface area contributed by atoms with Crippen LogP contribution in [0.3, 0.4) is 0 Å². The third-order valence-electron chi connectivity index (χ3n) is 6.50. The summed E-state index contributed by atoms with van der Waals surface area (Å²) in [5.41, 5.74) is 7.84. The number of rotatable bonds is 5. The maximum Gasteiger partial charge on any atom is 0.0465 e. The molecule has 4 saturated carbocycles. The summed E-state index contributed by atoms with van der Waals surface area (Å²) < 4.78 is 5.25. The summed E-state index contributed by atoms with van der Waals surface area (Å²) in [5.74, 6) is 2.55. The summed E-state index contributed by atoms with van der Waals surface area (Å²) in [7, 11) is 1.80. The molecule has 4 atom stereocenters. The van der Waals surface area contributed by atoms with Gasteiger partial charge in [0.15, 0.2) is 0 Å². The van der Waals surface area contributed by atoms with Gasteiger partial charge in [0, 0.05) is 19.8 Å². The van der Waals surface area contributed by atoms with Gasteiger partial charge in [-0.05, 0) is 73.5 Å². The first-order valence-electron chi connectivity index (χ1n) is 8.21. The van der Waals surface area contributed by atoms with E-state index >= 15 is 0 Å². The average Bonchev–Trinajstić information content (AvgIpc) is 2.32. The first-order valence-corrected chi connectivity index (χ1v) is 8.21. The summed E-state index contributed by atoms with van der Waals surface area (Å²) >= 11 is 0. The normalized spacial score (nSPS) is 47.4. The van der Waals surface area contributed by atoms with Gasteiger partial charge < -0.3 is 10.5 Å². The Bertz CT molecular complexity index is 326. The van der Waals surface area contributed by atoms with E-state index in [-0.39, 0.29) is 0 Å². The van der Waals surface area contributed by atoms with Gasteiger partial charge in [-0.3, -0.25) is 0 Å². The Morgan fingerprint density at radius 3 is 2.37 bits per heavy atom. The molecular formula is C17H31NO. The molecule has 0 aromatic carbocycles. The van der Waals surface area contributed by atoms with Crippen LogP contribution in [0.25, 0.3) is 0 Å². The molecule has 4 aliphatic rings. The highest BCUT2D eigenvalue weighted by molar-refractivity contribution is 5.10. The summed E-state index contributed by atoms with van der Waals surface area (Å²) in [4.78, 5) is 0. The number of methoxy groups -OCH3 is 1. The molecule has 4 unspecified atom stereocenters. The van der Waals surface area contributed by atoms with E-state index in [2.05, 4.69) is 13.8 Å². The molecule has 0 spiro atoms. The van der Waals surface area contributed by atoms with Crippen molar-refractivity contribution in [3.63, 3.8) is 0 Å². The van der Waals surface area contributed by atoms with Crippen LogP contribution in [-0.4, -0.2) is 19.8 Å². The zero-order valence-electron chi connectivity index (χ0n) is 13.0. The zero-order chi connectivity index (χ0) is 13.7. The Labute approximate surface area is 118 Å². The largest absolute Gasteiger partial charge is 0.385 e. The third-order valence-corrected chi connectivity index (χ3v) is 6.50. The van der Waals surface area contributed by atoms with Gasteiger partial charge in [-0.2, -0.15) is 0 Å². The fourth-order valence-corrected chi connectivity index (χ4v) is 6.27. The quantitative estimate of drug-likeness (QED) is 0.824. The van der Waals surface area contributed by atoms with Gasteiger partial charge in [0.2, 0.25) is 0 Å². The minimum absolute atomic E-state index is 0.382. The van der Waals surface area contributed by atoms with E-state index in [1.54, 1.807) is 7.11 Å². The average molecular weight is 265 g/mol. The Morgan fingerprint density at radius 1 is 1.21 bits per heavy atom. The van der Waals surface area contributed by atoms with Crippen LogP contribution in [0, 0.1) is 28.6 Å². The first kappa shape index (κ1) is 13.9. The number of nitrogens with two attached hydrogens (primary N) is 1. The molecule has 4 bridgehead atoms. The molecule has 4 fully saturated rings. The highest BCUT2D eigenvalue weighted by atomic mass is 16.5. The van der Waals surface area contributed by atoms with E-state index in [1.807, 2.05) is 0 Å². The molecular weight excluding hydrogens is 234 g/mol. The van der Waals surface area contributed by atoms with Gasteiger partial charge in [-0.15, -0.1) is 0 Å². The molecule has 0 aliphatic heterocycles. The maximum atomic E-state index is 6.76. The van der Waals surface area contributed by atoms with Crippen molar-refractivity contribution in [2.45, 2.75) is 64.8 Å². The molecule has 19 heavy (non-hydrogen) atoms. The number of hydrogen-bond acceptors (Lipinski definition) is 2. The van der Waals surface area contributed by atoms with Gasteiger partial charge in [-0.25, -0.2) is 0 Å². The molecule has 4 aliphatic carbocycles. The van der Waals surface area contributed by atoms with Gasteiger partial charge >= 0.3 is 0 Å². The monoisotopic (exact) mass is 265 g/mol. The summed E-state index contributed by atoms with van der Waals surface area (Å²) in [5, 5.41) is 0. The van der Waals surface area contributed by atoms with Crippen molar-refractivity contribution in [1.82, 2.24) is 0 Å². The second kappa shape index (κ2) is 4.73. The lowest BCUT2D eigenvalue weighted by atomic mass is 9.42. The molecule has 0 amide bonds. The molecule has 0 aromatic heterocycles. The van der Waals surface area contributed by atoms with Crippen molar-refractivity contribution in [2.24, 2.45) is 34.3 Å². The molecule has 4 rings (SSSR count). The first-order chi connectivity index (χ1) is 8.96. The number of hydrogen-bond donors (Lipinski definition) is 1. The van der Waals surface area contributed by atoms with Crippen molar-refractivity contribution in [2.75, 3.05) is 13.7 Å². The lowest BCUT2D eigenvalue weighted by Gasteiger charge is -2.63. The van der Waals surface area contributed by atoms with Gasteiger partial charge in [0.1, 0.15) is 0 Å². The summed E-state index contributed by atoms with van der Waals surface area (Å²) in [6.07, 6.45) is 9.79. The summed E-state index contributed by atoms with van der Waals surface area (Å²) in [6.45, 7) is 5.73. The molecule has 110 valence electrons. The van der Waals surface area contributed by atoms with Crippen LogP contribution < -0.4 is 5.73 Å². The Balaban J connectivity index is 1.75. The van der Waals surface area contributed by atoms with E-state index in [0.717, 1.165) is 24.9 Å². The van der Waals surface area contributed by atoms with Crippen molar-refractivity contribution < 1.29 is 4.74 Å². The van der Waals surface area contributed by atoms with E-state index in [1.165, 1.54) is 38.5 Å². The lowest BCUT2D eigenvalue weighted by molar-refractivity contribution is -0.120. The Kier molecular flexibility index (Phi) is 3.46. The SMILES string of the molecule is COCCC(C)C(N)C12CC3CC(CC(C)(C3)C1)C2. The van der Waals surface area contributed by atoms with Crippen LogP contribution in [0.2, 0.25) is 0 Å². The van der Waals surface area contributed by atoms with Crippen molar-refractivity contribution in [3.05, 3.63) is 0 Å². The van der Waals surface area contributed by atoms with E-state index in [0.29, 0.717) is 22.8 Å². The van der Waals surface area contributed by atoms with E-state index < -0.39 is 0 Å². The van der Waals surface area contributed by atoms with Gasteiger partial charge in [-0.1, -0.05) is 13.8 Å². The fourth-order valence-electron chi connectivity index (χ4n) is 6.27. The highest BCUT2D eigenvalue weighted by Crippen LogP contribution is 2.66. The molecule has 0 radical (unpaired) electrons. The van der Waals surface area contributed by atoms with Crippen LogP contribution in [0.4, 0.5) is 0 Å². The molecule has 2 heteroatoms. The van der Waals surface area contributed by atoms with Gasteiger partial charge in [0.05, 0.1) is 0 Å². The van der Waals surface area contributed by atoms with Gasteiger partial charge in [0.25, 0.3) is 0 Å². The minimum Gasteiger partial charge on any atom is -0.385 e. The molecule has 0 heterocycles.